The van der Waals surface area contributed by atoms with E-state index in [2.05, 4.69) is 16.1 Å². The summed E-state index contributed by atoms with van der Waals surface area (Å²) in [6, 6.07) is 8.02. The van der Waals surface area contributed by atoms with Crippen LogP contribution in [0.1, 0.15) is 84.5 Å². The van der Waals surface area contributed by atoms with Gasteiger partial charge in [0.25, 0.3) is 11.8 Å². The average molecular weight is 608 g/mol. The Balaban J connectivity index is 1.58. The van der Waals surface area contributed by atoms with Crippen molar-refractivity contribution in [3.63, 3.8) is 0 Å². The van der Waals surface area contributed by atoms with E-state index in [9.17, 15) is 19.2 Å². The molecule has 3 N–H and O–H groups in total. The van der Waals surface area contributed by atoms with Crippen molar-refractivity contribution in [2.24, 2.45) is 5.92 Å². The lowest BCUT2D eigenvalue weighted by Gasteiger charge is -2.35. The van der Waals surface area contributed by atoms with Crippen molar-refractivity contribution in [1.82, 2.24) is 26.1 Å². The highest BCUT2D eigenvalue weighted by Gasteiger charge is 2.34. The van der Waals surface area contributed by atoms with Crippen LogP contribution in [-0.2, 0) is 28.7 Å². The minimum absolute atomic E-state index is 0.0417. The van der Waals surface area contributed by atoms with Gasteiger partial charge in [0, 0.05) is 11.9 Å². The Labute approximate surface area is 259 Å². The molecule has 11 nitrogen and oxygen atoms in total. The molecule has 4 rings (SSSR count). The van der Waals surface area contributed by atoms with E-state index in [1.54, 1.807) is 20.8 Å². The average Bonchev–Trinajstić information content (AvgIpc) is 2.97. The van der Waals surface area contributed by atoms with Crippen LogP contribution in [-0.4, -0.2) is 70.6 Å². The highest BCUT2D eigenvalue weighted by atomic mass is 16.6. The number of fused-ring (bicyclic) bond motifs is 4. The summed E-state index contributed by atoms with van der Waals surface area (Å²) in [6.45, 7) is 11.4. The number of pyridine rings is 1. The molecule has 4 atom stereocenters. The first kappa shape index (κ1) is 33.1. The molecule has 2 aromatic rings. The maximum Gasteiger partial charge on any atom is 0.309 e. The molecule has 238 valence electrons. The lowest BCUT2D eigenvalue weighted by atomic mass is 10.0. The zero-order valence-electron chi connectivity index (χ0n) is 26.5. The van der Waals surface area contributed by atoms with Gasteiger partial charge in [0.2, 0.25) is 5.91 Å². The van der Waals surface area contributed by atoms with E-state index in [1.807, 2.05) is 63.3 Å². The van der Waals surface area contributed by atoms with Crippen LogP contribution in [0.15, 0.2) is 36.4 Å². The van der Waals surface area contributed by atoms with E-state index in [-0.39, 0.29) is 24.3 Å². The number of carbonyl (C=O) groups excluding carboxylic acids is 4. The number of ether oxygens (including phenoxy) is 2. The van der Waals surface area contributed by atoms with E-state index in [1.165, 1.54) is 5.01 Å². The monoisotopic (exact) mass is 607 g/mol. The number of cyclic esters (lactones) is 1. The van der Waals surface area contributed by atoms with Gasteiger partial charge in [-0.05, 0) is 70.6 Å². The topological polar surface area (TPSA) is 139 Å². The minimum Gasteiger partial charge on any atom is -0.452 e. The fraction of sp³-hybridized carbons (Fsp3) is 0.545. The van der Waals surface area contributed by atoms with Crippen LogP contribution in [0.2, 0.25) is 0 Å². The van der Waals surface area contributed by atoms with E-state index in [0.29, 0.717) is 32.4 Å². The first-order chi connectivity index (χ1) is 20.8. The van der Waals surface area contributed by atoms with E-state index < -0.39 is 41.6 Å². The summed E-state index contributed by atoms with van der Waals surface area (Å²) in [5.41, 5.74) is 4.75. The van der Waals surface area contributed by atoms with E-state index >= 15 is 0 Å². The fourth-order valence-corrected chi connectivity index (χ4v) is 5.30. The number of benzene rings is 1. The van der Waals surface area contributed by atoms with Crippen molar-refractivity contribution >= 4 is 40.7 Å². The van der Waals surface area contributed by atoms with Crippen LogP contribution >= 0.6 is 0 Å². The van der Waals surface area contributed by atoms with E-state index in [0.717, 1.165) is 22.2 Å². The lowest BCUT2D eigenvalue weighted by molar-refractivity contribution is -0.164. The smallest absolute Gasteiger partial charge is 0.309 e. The molecule has 44 heavy (non-hydrogen) atoms. The summed E-state index contributed by atoms with van der Waals surface area (Å²) < 4.78 is 11.6. The third-order valence-corrected chi connectivity index (χ3v) is 7.82. The molecule has 0 saturated carbocycles. The maximum absolute atomic E-state index is 13.3. The summed E-state index contributed by atoms with van der Waals surface area (Å²) in [7, 11) is 0. The minimum atomic E-state index is -1.08. The van der Waals surface area contributed by atoms with Crippen molar-refractivity contribution in [3.8, 4) is 0 Å². The Bertz CT molecular complexity index is 1410. The zero-order valence-corrected chi connectivity index (χ0v) is 26.5. The third-order valence-electron chi connectivity index (χ3n) is 7.82. The summed E-state index contributed by atoms with van der Waals surface area (Å²) in [5.74, 6) is -2.08. The molecule has 3 amide bonds. The molecule has 2 aliphatic heterocycles. The summed E-state index contributed by atoms with van der Waals surface area (Å²) >= 11 is 0. The molecule has 0 radical (unpaired) electrons. The molecule has 4 unspecified atom stereocenters. The number of hydrogen-bond acceptors (Lipinski definition) is 8. The normalized spacial score (nSPS) is 26.2. The highest BCUT2D eigenvalue weighted by molar-refractivity contribution is 5.91. The molecule has 1 fully saturated rings. The second-order valence-corrected chi connectivity index (χ2v) is 12.6. The number of amides is 3. The van der Waals surface area contributed by atoms with E-state index in [4.69, 9.17) is 14.5 Å². The lowest BCUT2D eigenvalue weighted by Crippen LogP contribution is -2.61. The SMILES string of the molecule is CC1NC(=O)C(C(C)C)OC(=O)CC(C)(C)OCCC=Cc2ccc3ccc(nc3c2)C(C)NC(=O)C2CCCN(N2)C1=O. The molecule has 11 heteroatoms. The zero-order chi connectivity index (χ0) is 32.0. The van der Waals surface area contributed by atoms with Gasteiger partial charge in [-0.25, -0.2) is 5.43 Å². The highest BCUT2D eigenvalue weighted by Crippen LogP contribution is 2.21. The molecule has 2 aliphatic rings. The predicted octanol–water partition coefficient (Wildman–Crippen LogP) is 3.58. The molecular weight excluding hydrogens is 562 g/mol. The van der Waals surface area contributed by atoms with Gasteiger partial charge in [0.05, 0.1) is 35.9 Å². The number of rotatable bonds is 1. The molecular formula is C33H45N5O6. The van der Waals surface area contributed by atoms with Gasteiger partial charge in [-0.2, -0.15) is 0 Å². The predicted molar refractivity (Wildman–Crippen MR) is 167 cm³/mol. The number of hydrogen-bond donors (Lipinski definition) is 3. The van der Waals surface area contributed by atoms with Crippen molar-refractivity contribution in [3.05, 3.63) is 47.7 Å². The van der Waals surface area contributed by atoms with Crippen LogP contribution in [0, 0.1) is 5.92 Å². The Morgan fingerprint density at radius 2 is 1.73 bits per heavy atom. The Morgan fingerprint density at radius 1 is 1.00 bits per heavy atom. The second-order valence-electron chi connectivity index (χ2n) is 12.6. The molecule has 3 heterocycles. The first-order valence-electron chi connectivity index (χ1n) is 15.4. The Morgan fingerprint density at radius 3 is 2.48 bits per heavy atom. The van der Waals surface area contributed by atoms with Gasteiger partial charge in [-0.15, -0.1) is 0 Å². The third kappa shape index (κ3) is 8.63. The van der Waals surface area contributed by atoms with Crippen molar-refractivity contribution in [2.45, 2.75) is 97.1 Å². The van der Waals surface area contributed by atoms with Crippen LogP contribution < -0.4 is 16.1 Å². The standard InChI is InChI=1S/C33H45N5O6/c1-20(2)29-31(41)35-22(4)32(42)38-16-9-11-26(37-38)30(40)34-21(3)25-15-14-24-13-12-23(18-27(24)36-25)10-7-8-17-43-33(5,6)19-28(39)44-29/h7,10,12-15,18,20-22,26,29,37H,8-9,11,16-17,19H2,1-6H3,(H,34,40)(H,35,41). The van der Waals surface area contributed by atoms with Gasteiger partial charge in [0.15, 0.2) is 6.10 Å². The number of carbonyl (C=O) groups is 4. The molecule has 5 bridgehead atoms. The first-order valence-corrected chi connectivity index (χ1v) is 15.4. The quantitative estimate of drug-likeness (QED) is 0.418. The van der Waals surface area contributed by atoms with Crippen LogP contribution in [0.25, 0.3) is 17.0 Å². The maximum atomic E-state index is 13.3. The van der Waals surface area contributed by atoms with Gasteiger partial charge in [-0.1, -0.05) is 44.2 Å². The molecule has 0 aliphatic carbocycles. The number of esters is 1. The Hall–Kier alpha value is -3.83. The molecule has 1 aromatic heterocycles. The van der Waals surface area contributed by atoms with Gasteiger partial charge < -0.3 is 20.1 Å². The van der Waals surface area contributed by atoms with Crippen LogP contribution in [0.5, 0.6) is 0 Å². The van der Waals surface area contributed by atoms with Gasteiger partial charge in [-0.3, -0.25) is 29.2 Å². The second kappa shape index (κ2) is 14.3. The number of nitrogens with one attached hydrogen (secondary N) is 3. The molecule has 0 spiro atoms. The Kier molecular flexibility index (Phi) is 10.7. The van der Waals surface area contributed by atoms with Crippen molar-refractivity contribution < 1.29 is 28.7 Å². The largest absolute Gasteiger partial charge is 0.452 e. The molecule has 1 saturated heterocycles. The fourth-order valence-electron chi connectivity index (χ4n) is 5.30. The number of nitrogens with zero attached hydrogens (tertiary/aromatic N) is 2. The van der Waals surface area contributed by atoms with Gasteiger partial charge in [0.1, 0.15) is 12.1 Å². The number of aromatic nitrogens is 1. The van der Waals surface area contributed by atoms with Crippen LogP contribution in [0.3, 0.4) is 0 Å². The summed E-state index contributed by atoms with van der Waals surface area (Å²) in [5, 5.41) is 8.08. The summed E-state index contributed by atoms with van der Waals surface area (Å²) in [4.78, 5) is 57.3. The number of hydrazine groups is 1. The molecule has 1 aromatic carbocycles. The van der Waals surface area contributed by atoms with Crippen LogP contribution in [0.4, 0.5) is 0 Å². The van der Waals surface area contributed by atoms with Crippen molar-refractivity contribution in [2.75, 3.05) is 13.2 Å². The van der Waals surface area contributed by atoms with Gasteiger partial charge >= 0.3 is 5.97 Å². The van der Waals surface area contributed by atoms with Crippen molar-refractivity contribution in [1.29, 1.82) is 0 Å². The summed E-state index contributed by atoms with van der Waals surface area (Å²) in [6.07, 6.45) is 4.67.